The summed E-state index contributed by atoms with van der Waals surface area (Å²) in [5, 5.41) is 9.15. The maximum atomic E-state index is 14.0. The Labute approximate surface area is 270 Å². The van der Waals surface area contributed by atoms with Crippen molar-refractivity contribution in [3.8, 4) is 11.5 Å². The molecule has 0 radical (unpaired) electrons. The number of aromatic nitrogens is 1. The highest BCUT2D eigenvalue weighted by Gasteiger charge is 2.33. The van der Waals surface area contributed by atoms with Gasteiger partial charge < -0.3 is 19.3 Å². The zero-order valence-electron chi connectivity index (χ0n) is 24.2. The molecule has 3 aromatic carbocycles. The second-order valence-electron chi connectivity index (χ2n) is 9.75. The fraction of sp³-hybridized carbons (Fsp3) is 0.212. The molecule has 1 aromatic heterocycles. The van der Waals surface area contributed by atoms with Crippen LogP contribution in [0.1, 0.15) is 53.4 Å². The Hall–Kier alpha value is -4.23. The minimum Gasteiger partial charge on any atom is -0.490 e. The molecule has 2 heterocycles. The van der Waals surface area contributed by atoms with Gasteiger partial charge in [-0.15, -0.1) is 0 Å². The lowest BCUT2D eigenvalue weighted by molar-refractivity contribution is -0.136. The van der Waals surface area contributed by atoms with Crippen LogP contribution in [-0.4, -0.2) is 35.3 Å². The zero-order chi connectivity index (χ0) is 31.4. The second-order valence-corrected chi connectivity index (χ2v) is 11.9. The first-order valence-corrected chi connectivity index (χ1v) is 15.7. The SMILES string of the molecule is CCOc1cc(/C=c2\sc3n(c2=O)[C@@H](c2ccccc2)C(C(=O)OC)=C(CC)N=3)cc(I)c1OCc1ccc(C(=O)O)cc1. The number of fused-ring (bicyclic) bond motifs is 1. The maximum absolute atomic E-state index is 14.0. The van der Waals surface area contributed by atoms with Gasteiger partial charge in [-0.05, 0) is 83.0 Å². The molecule has 1 aliphatic rings. The van der Waals surface area contributed by atoms with Crippen LogP contribution in [0.5, 0.6) is 11.5 Å². The number of allylic oxidation sites excluding steroid dienone is 1. The molecule has 1 N–H and O–H groups in total. The van der Waals surface area contributed by atoms with E-state index in [0.29, 0.717) is 45.1 Å². The van der Waals surface area contributed by atoms with Gasteiger partial charge in [-0.3, -0.25) is 9.36 Å². The molecular formula is C33H29IN2O7S. The van der Waals surface area contributed by atoms with Crippen molar-refractivity contribution in [3.05, 3.63) is 124 Å². The molecule has 0 bridgehead atoms. The number of benzene rings is 3. The largest absolute Gasteiger partial charge is 0.490 e. The standard InChI is InChI=1S/C33H29IN2O7S/c1-4-24-27(32(40)41-3)28(21-9-7-6-8-10-21)36-30(37)26(44-33(36)35-24)17-20-15-23(34)29(25(16-20)42-5-2)43-18-19-11-13-22(14-12-19)31(38)39/h6-17,28H,4-5,18H2,1-3H3,(H,38,39)/b26-17-/t28-/m0/s1. The lowest BCUT2D eigenvalue weighted by Gasteiger charge is -2.25. The Bertz CT molecular complexity index is 1930. The Balaban J connectivity index is 1.56. The van der Waals surface area contributed by atoms with E-state index in [9.17, 15) is 14.4 Å². The van der Waals surface area contributed by atoms with Crippen LogP contribution in [0.15, 0.2) is 87.8 Å². The third-order valence-electron chi connectivity index (χ3n) is 6.98. The summed E-state index contributed by atoms with van der Waals surface area (Å²) in [5.41, 5.74) is 3.21. The molecule has 0 saturated heterocycles. The molecule has 9 nitrogen and oxygen atoms in total. The minimum absolute atomic E-state index is 0.204. The Morgan fingerprint density at radius 3 is 2.43 bits per heavy atom. The van der Waals surface area contributed by atoms with Gasteiger partial charge in [-0.1, -0.05) is 60.7 Å². The van der Waals surface area contributed by atoms with Crippen LogP contribution < -0.4 is 24.4 Å². The third kappa shape index (κ3) is 6.34. The number of thiazole rings is 1. The van der Waals surface area contributed by atoms with Crippen molar-refractivity contribution in [2.24, 2.45) is 4.99 Å². The number of halogens is 1. The number of nitrogens with zero attached hydrogens (tertiary/aromatic N) is 2. The molecule has 1 aliphatic heterocycles. The van der Waals surface area contributed by atoms with E-state index in [2.05, 4.69) is 22.6 Å². The zero-order valence-corrected chi connectivity index (χ0v) is 27.2. The number of carbonyl (C=O) groups excluding carboxylic acids is 1. The van der Waals surface area contributed by atoms with Crippen molar-refractivity contribution in [3.63, 3.8) is 0 Å². The summed E-state index contributed by atoms with van der Waals surface area (Å²) in [4.78, 5) is 43.3. The number of aromatic carboxylic acids is 1. The molecule has 0 spiro atoms. The Kier molecular flexibility index (Phi) is 9.64. The van der Waals surface area contributed by atoms with Gasteiger partial charge in [0.1, 0.15) is 6.61 Å². The van der Waals surface area contributed by atoms with Crippen LogP contribution in [0.3, 0.4) is 0 Å². The monoisotopic (exact) mass is 724 g/mol. The summed E-state index contributed by atoms with van der Waals surface area (Å²) in [6.07, 6.45) is 2.29. The van der Waals surface area contributed by atoms with Crippen molar-refractivity contribution < 1.29 is 28.9 Å². The maximum Gasteiger partial charge on any atom is 0.338 e. The van der Waals surface area contributed by atoms with E-state index in [1.807, 2.05) is 56.3 Å². The fourth-order valence-corrected chi connectivity index (χ4v) is 6.74. The van der Waals surface area contributed by atoms with E-state index in [4.69, 9.17) is 24.3 Å². The first-order valence-electron chi connectivity index (χ1n) is 13.8. The number of hydrogen-bond donors (Lipinski definition) is 1. The molecule has 0 amide bonds. The Morgan fingerprint density at radius 1 is 1.07 bits per heavy atom. The minimum atomic E-state index is -0.987. The summed E-state index contributed by atoms with van der Waals surface area (Å²) in [6, 6.07) is 18.9. The van der Waals surface area contributed by atoms with E-state index in [0.717, 1.165) is 20.3 Å². The van der Waals surface area contributed by atoms with Gasteiger partial charge >= 0.3 is 11.9 Å². The first-order chi connectivity index (χ1) is 21.2. The summed E-state index contributed by atoms with van der Waals surface area (Å²) < 4.78 is 20.0. The highest BCUT2D eigenvalue weighted by atomic mass is 127. The normalized spacial score (nSPS) is 14.5. The number of ether oxygens (including phenoxy) is 3. The number of rotatable bonds is 10. The van der Waals surface area contributed by atoms with E-state index in [-0.39, 0.29) is 17.7 Å². The highest BCUT2D eigenvalue weighted by molar-refractivity contribution is 14.1. The third-order valence-corrected chi connectivity index (χ3v) is 8.76. The lowest BCUT2D eigenvalue weighted by Crippen LogP contribution is -2.40. The van der Waals surface area contributed by atoms with Gasteiger partial charge in [0.2, 0.25) is 0 Å². The molecule has 0 aliphatic carbocycles. The van der Waals surface area contributed by atoms with Crippen molar-refractivity contribution in [1.29, 1.82) is 0 Å². The summed E-state index contributed by atoms with van der Waals surface area (Å²) >= 11 is 3.43. The van der Waals surface area contributed by atoms with E-state index in [1.165, 1.54) is 30.6 Å². The van der Waals surface area contributed by atoms with E-state index >= 15 is 0 Å². The van der Waals surface area contributed by atoms with Crippen LogP contribution in [0.4, 0.5) is 0 Å². The molecule has 226 valence electrons. The number of carbonyl (C=O) groups is 2. The highest BCUT2D eigenvalue weighted by Crippen LogP contribution is 2.35. The van der Waals surface area contributed by atoms with Crippen LogP contribution in [0.25, 0.3) is 6.08 Å². The average molecular weight is 725 g/mol. The predicted octanol–water partition coefficient (Wildman–Crippen LogP) is 5.08. The van der Waals surface area contributed by atoms with Crippen LogP contribution in [-0.2, 0) is 16.1 Å². The van der Waals surface area contributed by atoms with Crippen LogP contribution in [0, 0.1) is 3.57 Å². The molecule has 44 heavy (non-hydrogen) atoms. The number of methoxy groups -OCH3 is 1. The van der Waals surface area contributed by atoms with Gasteiger partial charge in [0.25, 0.3) is 5.56 Å². The van der Waals surface area contributed by atoms with Gasteiger partial charge in [-0.2, -0.15) is 0 Å². The van der Waals surface area contributed by atoms with Crippen LogP contribution in [0.2, 0.25) is 0 Å². The topological polar surface area (TPSA) is 116 Å². The molecule has 0 saturated carbocycles. The predicted molar refractivity (Wildman–Crippen MR) is 175 cm³/mol. The van der Waals surface area contributed by atoms with Crippen molar-refractivity contribution >= 4 is 51.9 Å². The van der Waals surface area contributed by atoms with Gasteiger partial charge in [-0.25, -0.2) is 14.6 Å². The number of hydrogen-bond acceptors (Lipinski definition) is 8. The second kappa shape index (κ2) is 13.6. The van der Waals surface area contributed by atoms with Crippen molar-refractivity contribution in [2.75, 3.05) is 13.7 Å². The van der Waals surface area contributed by atoms with E-state index in [1.54, 1.807) is 22.8 Å². The summed E-state index contributed by atoms with van der Waals surface area (Å²) in [7, 11) is 1.33. The number of carboxylic acid groups (broad SMARTS) is 1. The summed E-state index contributed by atoms with van der Waals surface area (Å²) in [5.74, 6) is -0.436. The van der Waals surface area contributed by atoms with Crippen molar-refractivity contribution in [1.82, 2.24) is 4.57 Å². The first kappa shape index (κ1) is 31.2. The fourth-order valence-electron chi connectivity index (χ4n) is 4.94. The molecule has 0 fully saturated rings. The van der Waals surface area contributed by atoms with Crippen LogP contribution >= 0.6 is 33.9 Å². The van der Waals surface area contributed by atoms with Gasteiger partial charge in [0.05, 0.1) is 44.7 Å². The quantitative estimate of drug-likeness (QED) is 0.179. The smallest absolute Gasteiger partial charge is 0.338 e. The molecular weight excluding hydrogens is 695 g/mol. The van der Waals surface area contributed by atoms with E-state index < -0.39 is 18.0 Å². The Morgan fingerprint density at radius 2 is 1.80 bits per heavy atom. The van der Waals surface area contributed by atoms with Crippen molar-refractivity contribution in [2.45, 2.75) is 32.9 Å². The molecule has 4 aromatic rings. The molecule has 1 atom stereocenters. The van der Waals surface area contributed by atoms with Gasteiger partial charge in [0, 0.05) is 0 Å². The van der Waals surface area contributed by atoms with Gasteiger partial charge in [0.15, 0.2) is 16.3 Å². The average Bonchev–Trinajstić information content (AvgIpc) is 3.34. The number of carboxylic acids is 1. The molecule has 11 heteroatoms. The molecule has 5 rings (SSSR count). The summed E-state index contributed by atoms with van der Waals surface area (Å²) in [6.45, 7) is 4.41. The number of esters is 1. The lowest BCUT2D eigenvalue weighted by atomic mass is 9.95. The molecule has 0 unspecified atom stereocenters.